The molecule has 0 aromatic carbocycles. The number of sulfonamides is 1. The number of aromatic nitrogens is 2. The summed E-state index contributed by atoms with van der Waals surface area (Å²) in [7, 11) is -2.02. The van der Waals surface area contributed by atoms with Crippen LogP contribution in [0.4, 0.5) is 0 Å². The lowest BCUT2D eigenvalue weighted by Crippen LogP contribution is -2.28. The number of aromatic amines is 1. The maximum atomic E-state index is 12.7. The summed E-state index contributed by atoms with van der Waals surface area (Å²) in [4.78, 5) is 0. The van der Waals surface area contributed by atoms with Crippen molar-refractivity contribution in [3.8, 4) is 0 Å². The summed E-state index contributed by atoms with van der Waals surface area (Å²) in [5, 5.41) is 13.9. The lowest BCUT2D eigenvalue weighted by Gasteiger charge is -2.16. The first-order chi connectivity index (χ1) is 9.96. The summed E-state index contributed by atoms with van der Waals surface area (Å²) in [6, 6.07) is 1.92. The highest BCUT2D eigenvalue weighted by molar-refractivity contribution is 7.89. The number of nitrogens with zero attached hydrogens (tertiary/aromatic N) is 2. The van der Waals surface area contributed by atoms with Crippen LogP contribution in [0.5, 0.6) is 0 Å². The van der Waals surface area contributed by atoms with Crippen LogP contribution in [0.25, 0.3) is 0 Å². The molecule has 0 aliphatic carbocycles. The molecule has 0 bridgehead atoms. The van der Waals surface area contributed by atoms with Crippen molar-refractivity contribution < 1.29 is 8.42 Å². The van der Waals surface area contributed by atoms with Gasteiger partial charge in [-0.3, -0.25) is 5.10 Å². The topological polar surface area (TPSA) is 78.1 Å². The van der Waals surface area contributed by atoms with Crippen molar-refractivity contribution in [2.24, 2.45) is 0 Å². The van der Waals surface area contributed by atoms with Gasteiger partial charge in [0.25, 0.3) is 10.0 Å². The molecule has 0 saturated carbocycles. The maximum Gasteiger partial charge on any atom is 0.262 e. The fourth-order valence-electron chi connectivity index (χ4n) is 1.97. The number of thiophene rings is 1. The standard InChI is InChI=1S/C13H20N4O2S2/c1-4-14-7-12-10(2)15-16-13(12)21(18,19)17(3)8-11-5-6-20-9-11/h5-6,9,14H,4,7-8H2,1-3H3,(H,15,16). The van der Waals surface area contributed by atoms with Gasteiger partial charge in [-0.15, -0.1) is 0 Å². The molecule has 0 unspecified atom stereocenters. The van der Waals surface area contributed by atoms with Crippen molar-refractivity contribution in [2.75, 3.05) is 13.6 Å². The number of hydrogen-bond donors (Lipinski definition) is 2. The van der Waals surface area contributed by atoms with Crippen LogP contribution in [0.2, 0.25) is 0 Å². The molecule has 6 nitrogen and oxygen atoms in total. The maximum absolute atomic E-state index is 12.7. The van der Waals surface area contributed by atoms with Crippen molar-refractivity contribution in [1.29, 1.82) is 0 Å². The van der Waals surface area contributed by atoms with E-state index in [9.17, 15) is 8.42 Å². The first-order valence-corrected chi connectivity index (χ1v) is 9.07. The molecule has 21 heavy (non-hydrogen) atoms. The zero-order valence-electron chi connectivity index (χ0n) is 12.4. The molecule has 0 spiro atoms. The summed E-state index contributed by atoms with van der Waals surface area (Å²) >= 11 is 1.55. The second-order valence-corrected chi connectivity index (χ2v) is 7.55. The molecular weight excluding hydrogens is 308 g/mol. The van der Waals surface area contributed by atoms with Gasteiger partial charge in [0, 0.05) is 31.4 Å². The van der Waals surface area contributed by atoms with E-state index >= 15 is 0 Å². The first-order valence-electron chi connectivity index (χ1n) is 6.68. The van der Waals surface area contributed by atoms with Crippen molar-refractivity contribution in [1.82, 2.24) is 19.8 Å². The van der Waals surface area contributed by atoms with Crippen molar-refractivity contribution in [3.05, 3.63) is 33.6 Å². The molecule has 2 aromatic heterocycles. The van der Waals surface area contributed by atoms with Crippen molar-refractivity contribution in [2.45, 2.75) is 32.0 Å². The van der Waals surface area contributed by atoms with Gasteiger partial charge in [0.05, 0.1) is 0 Å². The summed E-state index contributed by atoms with van der Waals surface area (Å²) < 4.78 is 26.7. The fraction of sp³-hybridized carbons (Fsp3) is 0.462. The molecular formula is C13H20N4O2S2. The van der Waals surface area contributed by atoms with Crippen molar-refractivity contribution in [3.63, 3.8) is 0 Å². The van der Waals surface area contributed by atoms with Crippen LogP contribution in [-0.4, -0.2) is 36.5 Å². The molecule has 0 amide bonds. The number of aryl methyl sites for hydroxylation is 1. The quantitative estimate of drug-likeness (QED) is 0.811. The molecule has 2 heterocycles. The minimum absolute atomic E-state index is 0.110. The van der Waals surface area contributed by atoms with E-state index in [4.69, 9.17) is 0 Å². The zero-order chi connectivity index (χ0) is 15.5. The molecule has 0 radical (unpaired) electrons. The molecule has 2 aromatic rings. The molecule has 0 atom stereocenters. The summed E-state index contributed by atoms with van der Waals surface area (Å²) in [6.07, 6.45) is 0. The SMILES string of the molecule is CCNCc1c(S(=O)(=O)N(C)Cc2ccsc2)n[nH]c1C. The van der Waals surface area contributed by atoms with Gasteiger partial charge < -0.3 is 5.32 Å². The summed E-state index contributed by atoms with van der Waals surface area (Å²) in [6.45, 7) is 5.41. The smallest absolute Gasteiger partial charge is 0.262 e. The van der Waals surface area contributed by atoms with Gasteiger partial charge in [-0.05, 0) is 35.9 Å². The molecule has 116 valence electrons. The molecule has 0 fully saturated rings. The van der Waals surface area contributed by atoms with Crippen LogP contribution >= 0.6 is 11.3 Å². The Morgan fingerprint density at radius 1 is 1.48 bits per heavy atom. The number of rotatable bonds is 7. The lowest BCUT2D eigenvalue weighted by molar-refractivity contribution is 0.463. The molecule has 0 aliphatic rings. The Hall–Kier alpha value is -1.22. The minimum Gasteiger partial charge on any atom is -0.313 e. The lowest BCUT2D eigenvalue weighted by atomic mass is 10.2. The van der Waals surface area contributed by atoms with Crippen LogP contribution in [-0.2, 0) is 23.1 Å². The van der Waals surface area contributed by atoms with E-state index in [1.165, 1.54) is 4.31 Å². The normalized spacial score (nSPS) is 12.2. The van der Waals surface area contributed by atoms with Gasteiger partial charge in [0.1, 0.15) is 0 Å². The first kappa shape index (κ1) is 16.2. The van der Waals surface area contributed by atoms with Crippen LogP contribution in [0.3, 0.4) is 0 Å². The summed E-state index contributed by atoms with van der Waals surface area (Å²) in [5.41, 5.74) is 2.46. The van der Waals surface area contributed by atoms with Crippen LogP contribution in [0.1, 0.15) is 23.7 Å². The summed E-state index contributed by atoms with van der Waals surface area (Å²) in [5.74, 6) is 0. The average molecular weight is 328 g/mol. The third-order valence-electron chi connectivity index (χ3n) is 3.23. The monoisotopic (exact) mass is 328 g/mol. The second-order valence-electron chi connectivity index (χ2n) is 4.81. The zero-order valence-corrected chi connectivity index (χ0v) is 14.0. The van der Waals surface area contributed by atoms with Gasteiger partial charge >= 0.3 is 0 Å². The Balaban J connectivity index is 2.26. The predicted molar refractivity (Wildman–Crippen MR) is 83.7 cm³/mol. The van der Waals surface area contributed by atoms with E-state index < -0.39 is 10.0 Å². The van der Waals surface area contributed by atoms with Crippen LogP contribution < -0.4 is 5.32 Å². The number of H-pyrrole nitrogens is 1. The Morgan fingerprint density at radius 3 is 2.86 bits per heavy atom. The highest BCUT2D eigenvalue weighted by Gasteiger charge is 2.28. The van der Waals surface area contributed by atoms with Gasteiger partial charge in [0.2, 0.25) is 0 Å². The third-order valence-corrected chi connectivity index (χ3v) is 5.74. The van der Waals surface area contributed by atoms with E-state index in [0.717, 1.165) is 17.8 Å². The average Bonchev–Trinajstić information content (AvgIpc) is 3.06. The third kappa shape index (κ3) is 3.52. The van der Waals surface area contributed by atoms with Crippen molar-refractivity contribution >= 4 is 21.4 Å². The highest BCUT2D eigenvalue weighted by atomic mass is 32.2. The molecule has 0 aliphatic heterocycles. The largest absolute Gasteiger partial charge is 0.313 e. The molecule has 2 N–H and O–H groups in total. The second kappa shape index (κ2) is 6.69. The van der Waals surface area contributed by atoms with E-state index in [0.29, 0.717) is 18.7 Å². The fourth-order valence-corrected chi connectivity index (χ4v) is 3.95. The predicted octanol–water partition coefficient (Wildman–Crippen LogP) is 1.71. The van der Waals surface area contributed by atoms with E-state index in [1.54, 1.807) is 18.4 Å². The Labute approximate surface area is 129 Å². The van der Waals surface area contributed by atoms with E-state index in [-0.39, 0.29) is 5.03 Å². The van der Waals surface area contributed by atoms with Crippen LogP contribution in [0.15, 0.2) is 21.9 Å². The van der Waals surface area contributed by atoms with E-state index in [2.05, 4.69) is 15.5 Å². The number of nitrogens with one attached hydrogen (secondary N) is 2. The molecule has 0 saturated heterocycles. The minimum atomic E-state index is -3.60. The van der Waals surface area contributed by atoms with Gasteiger partial charge in [0.15, 0.2) is 5.03 Å². The van der Waals surface area contributed by atoms with Gasteiger partial charge in [-0.2, -0.15) is 20.7 Å². The van der Waals surface area contributed by atoms with E-state index in [1.807, 2.05) is 30.7 Å². The highest BCUT2D eigenvalue weighted by Crippen LogP contribution is 2.21. The Bertz CT molecular complexity index is 677. The number of hydrogen-bond acceptors (Lipinski definition) is 5. The molecule has 2 rings (SSSR count). The Morgan fingerprint density at radius 2 is 2.24 bits per heavy atom. The Kier molecular flexibility index (Phi) is 5.15. The van der Waals surface area contributed by atoms with Gasteiger partial charge in [-0.1, -0.05) is 6.92 Å². The molecule has 8 heteroatoms. The van der Waals surface area contributed by atoms with Crippen LogP contribution in [0, 0.1) is 6.92 Å². The van der Waals surface area contributed by atoms with Gasteiger partial charge in [-0.25, -0.2) is 8.42 Å².